The highest BCUT2D eigenvalue weighted by molar-refractivity contribution is 6.31. The lowest BCUT2D eigenvalue weighted by Crippen LogP contribution is -2.42. The summed E-state index contributed by atoms with van der Waals surface area (Å²) in [7, 11) is 0. The topological polar surface area (TPSA) is 128 Å². The van der Waals surface area contributed by atoms with Crippen LogP contribution >= 0.6 is 11.6 Å². The fourth-order valence-corrected chi connectivity index (χ4v) is 4.25. The second-order valence-corrected chi connectivity index (χ2v) is 9.11. The summed E-state index contributed by atoms with van der Waals surface area (Å²) in [5.74, 6) is 0.598. The number of amides is 1. The quantitative estimate of drug-likeness (QED) is 0.199. The number of fused-ring (bicyclic) bond motifs is 1. The minimum absolute atomic E-state index is 0.0119. The monoisotopic (exact) mass is 516 g/mol. The number of aliphatic imine (C=N–C) groups is 1. The Balaban J connectivity index is 1.80. The van der Waals surface area contributed by atoms with Crippen molar-refractivity contribution in [2.45, 2.75) is 32.9 Å². The smallest absolute Gasteiger partial charge is 0.222 e. The first-order chi connectivity index (χ1) is 17.8. The molecule has 0 aromatic heterocycles. The third-order valence-electron chi connectivity index (χ3n) is 5.90. The minimum atomic E-state index is -0.788. The van der Waals surface area contributed by atoms with E-state index in [0.717, 1.165) is 11.1 Å². The van der Waals surface area contributed by atoms with Gasteiger partial charge in [-0.15, -0.1) is 0 Å². The molecule has 1 amide bonds. The first-order valence-corrected chi connectivity index (χ1v) is 12.3. The van der Waals surface area contributed by atoms with E-state index in [-0.39, 0.29) is 24.0 Å². The number of ether oxygens (including phenoxy) is 1. The summed E-state index contributed by atoms with van der Waals surface area (Å²) in [5.41, 5.74) is 10.1. The Morgan fingerprint density at radius 3 is 2.49 bits per heavy atom. The van der Waals surface area contributed by atoms with Crippen LogP contribution in [0.5, 0.6) is 5.75 Å². The van der Waals surface area contributed by atoms with Crippen LogP contribution in [0.15, 0.2) is 71.7 Å². The van der Waals surface area contributed by atoms with Crippen LogP contribution in [0.4, 0.5) is 11.4 Å². The zero-order valence-electron chi connectivity index (χ0n) is 20.7. The number of nitrogens with two attached hydrogens (primary N) is 1. The number of nitrogens with one attached hydrogen (secondary N) is 3. The standard InChI is InChI=1S/C28H29ClN6O2/c1-3-33-26(36)15-24-28(32)35(17(2)30)25-13-12-22(37-16-18-4-10-21(31)11-5-18)14-23(25)27(34-24)19-6-8-20(29)9-7-19/h4-14,24,30,32H,3,15-16,31H2,1-2H3,(H,33,36)/t24-/m0/s1. The molecule has 4 rings (SSSR count). The number of nitrogens with zero attached hydrogens (tertiary/aromatic N) is 2. The highest BCUT2D eigenvalue weighted by Crippen LogP contribution is 2.33. The van der Waals surface area contributed by atoms with Gasteiger partial charge >= 0.3 is 0 Å². The molecular formula is C28H29ClN6O2. The van der Waals surface area contributed by atoms with Gasteiger partial charge < -0.3 is 15.8 Å². The van der Waals surface area contributed by atoms with E-state index in [9.17, 15) is 4.79 Å². The van der Waals surface area contributed by atoms with E-state index < -0.39 is 6.04 Å². The van der Waals surface area contributed by atoms with Crippen LogP contribution < -0.4 is 20.7 Å². The average molecular weight is 517 g/mol. The maximum Gasteiger partial charge on any atom is 0.222 e. The third-order valence-corrected chi connectivity index (χ3v) is 6.15. The van der Waals surface area contributed by atoms with Crippen LogP contribution in [0.3, 0.4) is 0 Å². The van der Waals surface area contributed by atoms with Crippen molar-refractivity contribution in [2.75, 3.05) is 17.2 Å². The Hall–Kier alpha value is -4.17. The molecule has 37 heavy (non-hydrogen) atoms. The molecule has 190 valence electrons. The maximum absolute atomic E-state index is 12.5. The second-order valence-electron chi connectivity index (χ2n) is 8.67. The maximum atomic E-state index is 12.5. The first kappa shape index (κ1) is 25.9. The zero-order valence-corrected chi connectivity index (χ0v) is 21.5. The Kier molecular flexibility index (Phi) is 7.89. The van der Waals surface area contributed by atoms with Crippen molar-refractivity contribution in [3.63, 3.8) is 0 Å². The largest absolute Gasteiger partial charge is 0.489 e. The number of halogens is 1. The van der Waals surface area contributed by atoms with Gasteiger partial charge in [0.1, 0.15) is 30.1 Å². The van der Waals surface area contributed by atoms with Crippen LogP contribution in [0, 0.1) is 10.8 Å². The summed E-state index contributed by atoms with van der Waals surface area (Å²) >= 11 is 6.15. The van der Waals surface area contributed by atoms with E-state index in [1.54, 1.807) is 19.1 Å². The van der Waals surface area contributed by atoms with Crippen molar-refractivity contribution in [1.82, 2.24) is 5.32 Å². The van der Waals surface area contributed by atoms with Gasteiger partial charge in [0, 0.05) is 28.4 Å². The van der Waals surface area contributed by atoms with E-state index in [2.05, 4.69) is 5.32 Å². The summed E-state index contributed by atoms with van der Waals surface area (Å²) in [6.45, 7) is 4.28. The van der Waals surface area contributed by atoms with Gasteiger partial charge in [-0.25, -0.2) is 0 Å². The molecule has 8 nitrogen and oxygen atoms in total. The van der Waals surface area contributed by atoms with E-state index in [0.29, 0.717) is 46.6 Å². The van der Waals surface area contributed by atoms with Crippen molar-refractivity contribution in [3.05, 3.63) is 88.4 Å². The summed E-state index contributed by atoms with van der Waals surface area (Å²) in [6, 6.07) is 19.4. The molecule has 3 aromatic carbocycles. The number of nitrogen functional groups attached to an aromatic ring is 1. The van der Waals surface area contributed by atoms with Gasteiger partial charge in [-0.1, -0.05) is 35.9 Å². The normalized spacial score (nSPS) is 14.9. The molecule has 0 unspecified atom stereocenters. The first-order valence-electron chi connectivity index (χ1n) is 11.9. The van der Waals surface area contributed by atoms with Crippen LogP contribution in [-0.2, 0) is 11.4 Å². The van der Waals surface area contributed by atoms with Crippen molar-refractivity contribution in [3.8, 4) is 5.75 Å². The lowest BCUT2D eigenvalue weighted by Gasteiger charge is -2.26. The molecule has 5 N–H and O–H groups in total. The van der Waals surface area contributed by atoms with Crippen LogP contribution in [-0.4, -0.2) is 35.9 Å². The molecule has 0 radical (unpaired) electrons. The van der Waals surface area contributed by atoms with E-state index in [1.807, 2.05) is 61.5 Å². The van der Waals surface area contributed by atoms with Gasteiger partial charge in [-0.3, -0.25) is 25.5 Å². The van der Waals surface area contributed by atoms with Crippen molar-refractivity contribution >= 4 is 46.3 Å². The number of benzodiazepines with no additional fused rings is 1. The molecule has 3 aromatic rings. The molecule has 0 saturated heterocycles. The number of carbonyl (C=O) groups excluding carboxylic acids is 1. The molecule has 0 saturated carbocycles. The highest BCUT2D eigenvalue weighted by atomic mass is 35.5. The molecule has 9 heteroatoms. The molecule has 1 heterocycles. The Labute approximate surface area is 221 Å². The Bertz CT molecular complexity index is 1350. The number of amidine groups is 2. The fourth-order valence-electron chi connectivity index (χ4n) is 4.12. The lowest BCUT2D eigenvalue weighted by molar-refractivity contribution is -0.121. The summed E-state index contributed by atoms with van der Waals surface area (Å²) in [6.07, 6.45) is -0.0119. The minimum Gasteiger partial charge on any atom is -0.489 e. The molecule has 1 aliphatic rings. The predicted octanol–water partition coefficient (Wildman–Crippen LogP) is 5.03. The van der Waals surface area contributed by atoms with Crippen LogP contribution in [0.1, 0.15) is 37.0 Å². The molecule has 1 aliphatic heterocycles. The molecule has 0 fully saturated rings. The van der Waals surface area contributed by atoms with Crippen LogP contribution in [0.25, 0.3) is 0 Å². The number of hydrogen-bond donors (Lipinski definition) is 4. The van der Waals surface area contributed by atoms with Gasteiger partial charge in [-0.2, -0.15) is 0 Å². The van der Waals surface area contributed by atoms with Gasteiger partial charge in [0.25, 0.3) is 0 Å². The van der Waals surface area contributed by atoms with E-state index in [1.165, 1.54) is 4.90 Å². The van der Waals surface area contributed by atoms with E-state index >= 15 is 0 Å². The molecule has 1 atom stereocenters. The number of benzene rings is 3. The summed E-state index contributed by atoms with van der Waals surface area (Å²) in [5, 5.41) is 20.7. The molecular weight excluding hydrogens is 488 g/mol. The summed E-state index contributed by atoms with van der Waals surface area (Å²) in [4.78, 5) is 18.9. The fraction of sp³-hybridized carbons (Fsp3) is 0.214. The predicted molar refractivity (Wildman–Crippen MR) is 149 cm³/mol. The number of rotatable bonds is 7. The summed E-state index contributed by atoms with van der Waals surface area (Å²) < 4.78 is 6.08. The second kappa shape index (κ2) is 11.3. The number of carbonyl (C=O) groups is 1. The number of hydrogen-bond acceptors (Lipinski definition) is 6. The Morgan fingerprint density at radius 2 is 1.84 bits per heavy atom. The van der Waals surface area contributed by atoms with Gasteiger partial charge in [0.2, 0.25) is 5.91 Å². The Morgan fingerprint density at radius 1 is 1.14 bits per heavy atom. The third kappa shape index (κ3) is 5.98. The zero-order chi connectivity index (χ0) is 26.5. The van der Waals surface area contributed by atoms with Gasteiger partial charge in [0.15, 0.2) is 0 Å². The molecule has 0 aliphatic carbocycles. The average Bonchev–Trinajstić information content (AvgIpc) is 2.98. The molecule has 0 spiro atoms. The lowest BCUT2D eigenvalue weighted by atomic mass is 9.99. The van der Waals surface area contributed by atoms with Crippen LogP contribution in [0.2, 0.25) is 5.02 Å². The van der Waals surface area contributed by atoms with E-state index in [4.69, 9.17) is 37.9 Å². The van der Waals surface area contributed by atoms with Crippen molar-refractivity contribution in [1.29, 1.82) is 10.8 Å². The SMILES string of the molecule is CCNC(=O)C[C@@H]1N=C(c2ccc(Cl)cc2)c2cc(OCc3ccc(N)cc3)ccc2N(C(C)=N)C1=N. The molecule has 0 bridgehead atoms. The van der Waals surface area contributed by atoms with Gasteiger partial charge in [-0.05, 0) is 61.9 Å². The highest BCUT2D eigenvalue weighted by Gasteiger charge is 2.32. The van der Waals surface area contributed by atoms with Crippen molar-refractivity contribution in [2.24, 2.45) is 4.99 Å². The van der Waals surface area contributed by atoms with Crippen molar-refractivity contribution < 1.29 is 9.53 Å². The number of anilines is 2. The van der Waals surface area contributed by atoms with Gasteiger partial charge in [0.05, 0.1) is 17.8 Å².